The van der Waals surface area contributed by atoms with E-state index < -0.39 is 34.7 Å². The van der Waals surface area contributed by atoms with E-state index in [0.29, 0.717) is 10.5 Å². The van der Waals surface area contributed by atoms with E-state index in [2.05, 4.69) is 26.2 Å². The molecule has 0 radical (unpaired) electrons. The van der Waals surface area contributed by atoms with Crippen molar-refractivity contribution in [2.24, 2.45) is 0 Å². The SMILES string of the molecule is O=C(Nc1cc(Br)cnc1Cl)c1cc(F)c(F)c(O)c1F. The molecule has 1 aromatic carbocycles. The summed E-state index contributed by atoms with van der Waals surface area (Å²) >= 11 is 8.83. The number of rotatable bonds is 2. The van der Waals surface area contributed by atoms with Crippen LogP contribution in [0.5, 0.6) is 5.75 Å². The van der Waals surface area contributed by atoms with E-state index in [9.17, 15) is 18.0 Å². The standard InChI is InChI=1S/C12H5BrClF3N2O2/c13-4-1-7(11(14)18-3-4)19-12(21)5-2-6(15)9(17)10(20)8(5)16/h1-3,20H,(H,19,21). The number of amides is 1. The number of aromatic nitrogens is 1. The molecule has 1 aromatic heterocycles. The molecule has 1 heterocycles. The molecule has 0 aliphatic heterocycles. The molecule has 9 heteroatoms. The van der Waals surface area contributed by atoms with Crippen LogP contribution >= 0.6 is 27.5 Å². The number of aromatic hydroxyl groups is 1. The first-order chi connectivity index (χ1) is 9.81. The Morgan fingerprint density at radius 1 is 1.29 bits per heavy atom. The first kappa shape index (κ1) is 15.6. The van der Waals surface area contributed by atoms with Crippen molar-refractivity contribution >= 4 is 39.1 Å². The minimum absolute atomic E-state index is 0.0275. The number of benzene rings is 1. The lowest BCUT2D eigenvalue weighted by Crippen LogP contribution is -2.15. The van der Waals surface area contributed by atoms with Gasteiger partial charge in [-0.25, -0.2) is 13.8 Å². The lowest BCUT2D eigenvalue weighted by atomic mass is 10.1. The van der Waals surface area contributed by atoms with E-state index in [-0.39, 0.29) is 10.8 Å². The summed E-state index contributed by atoms with van der Waals surface area (Å²) in [6.07, 6.45) is 1.36. The Morgan fingerprint density at radius 2 is 1.95 bits per heavy atom. The molecule has 0 aliphatic carbocycles. The zero-order valence-electron chi connectivity index (χ0n) is 9.92. The number of carbonyl (C=O) groups excluding carboxylic acids is 1. The second kappa shape index (κ2) is 5.90. The van der Waals surface area contributed by atoms with Gasteiger partial charge in [0.25, 0.3) is 5.91 Å². The number of anilines is 1. The van der Waals surface area contributed by atoms with E-state index in [0.717, 1.165) is 0 Å². The van der Waals surface area contributed by atoms with Crippen LogP contribution in [0.4, 0.5) is 18.9 Å². The van der Waals surface area contributed by atoms with Crippen LogP contribution in [0.15, 0.2) is 22.8 Å². The van der Waals surface area contributed by atoms with Gasteiger partial charge in [0.2, 0.25) is 5.82 Å². The number of carbonyl (C=O) groups is 1. The number of nitrogens with one attached hydrogen (secondary N) is 1. The third-order valence-electron chi connectivity index (χ3n) is 2.43. The summed E-state index contributed by atoms with van der Waals surface area (Å²) in [4.78, 5) is 15.6. The van der Waals surface area contributed by atoms with Crippen LogP contribution in [0, 0.1) is 17.5 Å². The maximum atomic E-state index is 13.6. The van der Waals surface area contributed by atoms with E-state index in [1.165, 1.54) is 12.3 Å². The van der Waals surface area contributed by atoms with Gasteiger partial charge in [0.1, 0.15) is 0 Å². The van der Waals surface area contributed by atoms with Gasteiger partial charge in [0, 0.05) is 10.7 Å². The van der Waals surface area contributed by atoms with Crippen molar-refractivity contribution in [3.05, 3.63) is 51.0 Å². The Bertz CT molecular complexity index is 743. The number of phenols is 1. The molecule has 0 saturated carbocycles. The lowest BCUT2D eigenvalue weighted by molar-refractivity contribution is 0.102. The number of hydrogen-bond donors (Lipinski definition) is 2. The summed E-state index contributed by atoms with van der Waals surface area (Å²) in [7, 11) is 0. The van der Waals surface area contributed by atoms with Crippen molar-refractivity contribution in [3.63, 3.8) is 0 Å². The average Bonchev–Trinajstić information content (AvgIpc) is 2.44. The second-order valence-corrected chi connectivity index (χ2v) is 5.10. The molecule has 0 aliphatic rings. The van der Waals surface area contributed by atoms with E-state index in [1.807, 2.05) is 0 Å². The highest BCUT2D eigenvalue weighted by Crippen LogP contribution is 2.28. The Kier molecular flexibility index (Phi) is 4.38. The van der Waals surface area contributed by atoms with Crippen molar-refractivity contribution in [2.45, 2.75) is 0 Å². The third kappa shape index (κ3) is 3.11. The van der Waals surface area contributed by atoms with Crippen LogP contribution in [0.3, 0.4) is 0 Å². The van der Waals surface area contributed by atoms with Crippen LogP contribution in [0.2, 0.25) is 5.15 Å². The third-order valence-corrected chi connectivity index (χ3v) is 3.17. The highest BCUT2D eigenvalue weighted by atomic mass is 79.9. The van der Waals surface area contributed by atoms with Crippen LogP contribution in [-0.2, 0) is 0 Å². The number of hydrogen-bond acceptors (Lipinski definition) is 3. The fraction of sp³-hybridized carbons (Fsp3) is 0. The van der Waals surface area contributed by atoms with E-state index in [1.54, 1.807) is 0 Å². The van der Waals surface area contributed by atoms with Gasteiger partial charge in [-0.05, 0) is 28.1 Å². The normalized spacial score (nSPS) is 10.5. The molecule has 0 fully saturated rings. The van der Waals surface area contributed by atoms with Gasteiger partial charge < -0.3 is 10.4 Å². The van der Waals surface area contributed by atoms with Crippen molar-refractivity contribution in [1.82, 2.24) is 4.98 Å². The van der Waals surface area contributed by atoms with Gasteiger partial charge in [-0.15, -0.1) is 0 Å². The first-order valence-electron chi connectivity index (χ1n) is 5.30. The van der Waals surface area contributed by atoms with E-state index in [4.69, 9.17) is 16.7 Å². The quantitative estimate of drug-likeness (QED) is 0.613. The van der Waals surface area contributed by atoms with Crippen LogP contribution < -0.4 is 5.32 Å². The Labute approximate surface area is 129 Å². The molecule has 0 spiro atoms. The molecule has 21 heavy (non-hydrogen) atoms. The van der Waals surface area contributed by atoms with Crippen LogP contribution in [0.1, 0.15) is 10.4 Å². The number of pyridine rings is 1. The van der Waals surface area contributed by atoms with Crippen molar-refractivity contribution in [1.29, 1.82) is 0 Å². The van der Waals surface area contributed by atoms with Gasteiger partial charge >= 0.3 is 0 Å². The minimum Gasteiger partial charge on any atom is -0.503 e. The monoisotopic (exact) mass is 380 g/mol. The maximum Gasteiger partial charge on any atom is 0.258 e. The first-order valence-corrected chi connectivity index (χ1v) is 6.47. The molecule has 0 saturated heterocycles. The number of halogens is 5. The number of nitrogens with zero attached hydrogens (tertiary/aromatic N) is 1. The predicted octanol–water partition coefficient (Wildman–Crippen LogP) is 3.87. The largest absolute Gasteiger partial charge is 0.503 e. The molecule has 0 atom stereocenters. The molecule has 1 amide bonds. The smallest absolute Gasteiger partial charge is 0.258 e. The molecule has 2 rings (SSSR count). The van der Waals surface area contributed by atoms with Gasteiger partial charge in [-0.2, -0.15) is 4.39 Å². The molecule has 110 valence electrons. The van der Waals surface area contributed by atoms with E-state index >= 15 is 0 Å². The fourth-order valence-corrected chi connectivity index (χ4v) is 1.94. The summed E-state index contributed by atoms with van der Waals surface area (Å²) in [5, 5.41) is 11.2. The lowest BCUT2D eigenvalue weighted by Gasteiger charge is -2.09. The summed E-state index contributed by atoms with van der Waals surface area (Å²) in [6, 6.07) is 1.71. The maximum absolute atomic E-state index is 13.6. The Morgan fingerprint density at radius 3 is 2.62 bits per heavy atom. The summed E-state index contributed by atoms with van der Waals surface area (Å²) in [5.74, 6) is -7.60. The van der Waals surface area contributed by atoms with Crippen LogP contribution in [-0.4, -0.2) is 16.0 Å². The Hall–Kier alpha value is -1.80. The zero-order valence-corrected chi connectivity index (χ0v) is 12.3. The van der Waals surface area contributed by atoms with Gasteiger partial charge in [-0.3, -0.25) is 4.79 Å². The average molecular weight is 382 g/mol. The van der Waals surface area contributed by atoms with Gasteiger partial charge in [-0.1, -0.05) is 11.6 Å². The van der Waals surface area contributed by atoms with Crippen molar-refractivity contribution in [3.8, 4) is 5.75 Å². The number of phenolic OH excluding ortho intramolecular Hbond substituents is 1. The minimum atomic E-state index is -1.77. The summed E-state index contributed by atoms with van der Waals surface area (Å²) in [6.45, 7) is 0. The molecular weight excluding hydrogens is 376 g/mol. The molecule has 2 aromatic rings. The fourth-order valence-electron chi connectivity index (χ4n) is 1.46. The predicted molar refractivity (Wildman–Crippen MR) is 72.9 cm³/mol. The molecular formula is C12H5BrClF3N2O2. The van der Waals surface area contributed by atoms with Crippen LogP contribution in [0.25, 0.3) is 0 Å². The van der Waals surface area contributed by atoms with Crippen molar-refractivity contribution < 1.29 is 23.1 Å². The van der Waals surface area contributed by atoms with Crippen molar-refractivity contribution in [2.75, 3.05) is 5.32 Å². The molecule has 0 unspecified atom stereocenters. The van der Waals surface area contributed by atoms with Gasteiger partial charge in [0.15, 0.2) is 22.5 Å². The zero-order chi connectivity index (χ0) is 15.7. The highest BCUT2D eigenvalue weighted by Gasteiger charge is 2.23. The molecule has 2 N–H and O–H groups in total. The highest BCUT2D eigenvalue weighted by molar-refractivity contribution is 9.10. The molecule has 0 bridgehead atoms. The second-order valence-electron chi connectivity index (χ2n) is 3.83. The summed E-state index contributed by atoms with van der Waals surface area (Å²) in [5.41, 5.74) is -0.845. The van der Waals surface area contributed by atoms with Gasteiger partial charge in [0.05, 0.1) is 11.3 Å². The summed E-state index contributed by atoms with van der Waals surface area (Å²) < 4.78 is 40.2. The topological polar surface area (TPSA) is 62.2 Å². The Balaban J connectivity index is 2.40. The molecule has 4 nitrogen and oxygen atoms in total.